The summed E-state index contributed by atoms with van der Waals surface area (Å²) in [5.41, 5.74) is 5.62. The van der Waals surface area contributed by atoms with Crippen LogP contribution in [0.15, 0.2) is 150 Å². The SMILES string of the molecule is CC(C)c1cccc(C(C)C)c1N1C(=O)c2ccc3c4ccc5c(=O)n(-c6c(C(C)C)cccc6C(C)C)c(=O)c6c5c4c4c5c(cc(c2c35)C1O)c1c2c(=O)n(-c3c(C(C)C)cccc3C(C)C)c(=O)c3cc(Cl)c5c7c(Cl)cc8c(=O)n(-c9c(C(C)C)cccc9C(C)C)c(=O)c9cc%10c6c4c1c(c%10c7c89)c5c32. The van der Waals surface area contributed by atoms with Crippen LogP contribution in [0.2, 0.25) is 10.0 Å². The molecule has 0 saturated heterocycles. The topological polar surface area (TPSA) is 158 Å². The Morgan fingerprint density at radius 3 is 0.955 bits per heavy atom. The third-order valence-corrected chi connectivity index (χ3v) is 25.9. The Hall–Kier alpha value is -10.9. The number of aliphatic hydroxyl groups excluding tert-OH is 1. The van der Waals surface area contributed by atoms with E-state index in [1.807, 2.05) is 165 Å². The normalized spacial score (nSPS) is 14.4. The van der Waals surface area contributed by atoms with Crippen molar-refractivity contribution in [2.45, 2.75) is 164 Å². The number of anilines is 1. The van der Waals surface area contributed by atoms with Crippen LogP contribution in [0.4, 0.5) is 5.69 Å². The van der Waals surface area contributed by atoms with Gasteiger partial charge in [-0.1, -0.05) is 219 Å². The van der Waals surface area contributed by atoms with E-state index in [2.05, 4.69) is 55.4 Å². The van der Waals surface area contributed by atoms with Crippen molar-refractivity contribution in [1.82, 2.24) is 13.7 Å². The molecule has 19 aromatic rings. The number of rotatable bonds is 12. The number of halogens is 2. The number of pyridine rings is 3. The Morgan fingerprint density at radius 1 is 0.264 bits per heavy atom. The van der Waals surface area contributed by atoms with E-state index in [-0.39, 0.29) is 89.7 Å². The molecule has 14 heteroatoms. The van der Waals surface area contributed by atoms with Crippen LogP contribution < -0.4 is 38.3 Å². The lowest BCUT2D eigenvalue weighted by molar-refractivity contribution is 0.0878. The number of aromatic nitrogens is 3. The van der Waals surface area contributed by atoms with E-state index in [0.717, 1.165) is 44.5 Å². The first-order valence-electron chi connectivity index (χ1n) is 38.7. The lowest BCUT2D eigenvalue weighted by Crippen LogP contribution is -2.40. The van der Waals surface area contributed by atoms with E-state index < -0.39 is 45.5 Å². The van der Waals surface area contributed by atoms with Gasteiger partial charge in [0, 0.05) is 102 Å². The molecular weight excluding hydrogens is 1410 g/mol. The Balaban J connectivity index is 1.15. The van der Waals surface area contributed by atoms with Gasteiger partial charge in [0.05, 0.1) is 44.3 Å². The number of hydrogen-bond acceptors (Lipinski definition) is 8. The fraction of sp³-hybridized carbons (Fsp3) is 0.260. The van der Waals surface area contributed by atoms with Crippen LogP contribution in [-0.4, -0.2) is 24.7 Å². The summed E-state index contributed by atoms with van der Waals surface area (Å²) >= 11 is 16.2. The molecule has 4 heterocycles. The maximum atomic E-state index is 17.8. The Labute approximate surface area is 640 Å². The summed E-state index contributed by atoms with van der Waals surface area (Å²) in [6, 6.07) is 38.4. The van der Waals surface area contributed by atoms with Gasteiger partial charge in [-0.2, -0.15) is 0 Å². The second-order valence-corrected chi connectivity index (χ2v) is 34.7. The molecule has 1 amide bonds. The number of benzene rings is 16. The van der Waals surface area contributed by atoms with Gasteiger partial charge in [-0.15, -0.1) is 0 Å². The average molecular weight is 1490 g/mol. The van der Waals surface area contributed by atoms with Crippen molar-refractivity contribution in [3.63, 3.8) is 0 Å². The van der Waals surface area contributed by atoms with Crippen LogP contribution in [0.3, 0.4) is 0 Å². The summed E-state index contributed by atoms with van der Waals surface area (Å²) in [4.78, 5) is 120. The van der Waals surface area contributed by atoms with E-state index >= 15 is 33.6 Å². The summed E-state index contributed by atoms with van der Waals surface area (Å²) in [5.74, 6) is -1.56. The molecule has 544 valence electrons. The number of carbonyl (C=O) groups is 1. The highest BCUT2D eigenvalue weighted by Gasteiger charge is 2.43. The summed E-state index contributed by atoms with van der Waals surface area (Å²) < 4.78 is 4.04. The summed E-state index contributed by atoms with van der Waals surface area (Å²) in [6.45, 7) is 32.9. The lowest BCUT2D eigenvalue weighted by Gasteiger charge is -2.38. The molecule has 0 spiro atoms. The molecule has 1 aliphatic rings. The van der Waals surface area contributed by atoms with E-state index in [1.54, 1.807) is 17.0 Å². The minimum absolute atomic E-state index is 0.0805. The number of aliphatic hydroxyl groups is 1. The number of amides is 1. The molecule has 12 nitrogen and oxygen atoms in total. The molecule has 0 radical (unpaired) electrons. The molecule has 0 bridgehead atoms. The molecule has 3 aromatic heterocycles. The smallest absolute Gasteiger partial charge is 0.266 e. The maximum absolute atomic E-state index is 17.8. The minimum Gasteiger partial charge on any atom is -0.369 e. The van der Waals surface area contributed by atoms with Gasteiger partial charge in [0.1, 0.15) is 0 Å². The molecule has 16 aromatic carbocycles. The molecule has 110 heavy (non-hydrogen) atoms. The molecule has 20 rings (SSSR count). The fourth-order valence-corrected chi connectivity index (χ4v) is 21.3. The van der Waals surface area contributed by atoms with Crippen LogP contribution in [-0.2, 0) is 0 Å². The summed E-state index contributed by atoms with van der Waals surface area (Å²) in [5, 5.41) is 25.9. The summed E-state index contributed by atoms with van der Waals surface area (Å²) in [6.07, 6.45) is -1.62. The third-order valence-electron chi connectivity index (χ3n) is 25.3. The van der Waals surface area contributed by atoms with E-state index in [9.17, 15) is 5.11 Å². The maximum Gasteiger partial charge on any atom is 0.266 e. The number of hydrogen-bond donors (Lipinski definition) is 1. The van der Waals surface area contributed by atoms with Gasteiger partial charge >= 0.3 is 0 Å². The van der Waals surface area contributed by atoms with Crippen molar-refractivity contribution in [2.75, 3.05) is 4.90 Å². The molecular formula is C96H78Cl2N4O8. The minimum atomic E-state index is -1.62. The molecule has 1 atom stereocenters. The van der Waals surface area contributed by atoms with E-state index in [1.165, 1.54) is 13.7 Å². The quantitative estimate of drug-likeness (QED) is 0.0935. The van der Waals surface area contributed by atoms with Crippen LogP contribution in [0, 0.1) is 0 Å². The highest BCUT2D eigenvalue weighted by molar-refractivity contribution is 6.63. The fourth-order valence-electron chi connectivity index (χ4n) is 20.7. The van der Waals surface area contributed by atoms with Gasteiger partial charge in [0.15, 0.2) is 6.23 Å². The van der Waals surface area contributed by atoms with Crippen LogP contribution in [0.1, 0.15) is 225 Å². The van der Waals surface area contributed by atoms with Crippen LogP contribution in [0.5, 0.6) is 0 Å². The number of nitrogens with zero attached hydrogens (tertiary/aromatic N) is 4. The standard InChI is InChI=1S/C96H78Cl2N4O8/c1-37(2)45-21-17-22-46(38(3)4)85(45)99-89(103)55-31-29-53-54-30-32-56-69-68(54)78-70-57(33-59(91(99)105)65(55)67(53)70)72-82-80-71-58(73(81(78)82)83(69)95(109)101(90(56)104)87-49(41(9)10)25-19-26-50(87)42(11)12)34-60-66-61(93(107)100(92(60)106)86-47(39(5)6)23-18-24-48(86)40(7)8)35-63(97)75(77(66)71)76-64(98)36-62-74(79(76)80)84(72)96(110)102(94(62)108)88-51(43(13)14)27-20-28-52(88)44(15)16/h17-44,91,105H,1-16H3. The third kappa shape index (κ3) is 8.18. The van der Waals surface area contributed by atoms with Gasteiger partial charge in [0.2, 0.25) is 0 Å². The molecule has 1 N–H and O–H groups in total. The second kappa shape index (κ2) is 22.9. The van der Waals surface area contributed by atoms with Crippen LogP contribution >= 0.6 is 23.2 Å². The zero-order chi connectivity index (χ0) is 77.1. The van der Waals surface area contributed by atoms with E-state index in [4.69, 9.17) is 23.2 Å². The Bertz CT molecular complexity index is 7670. The summed E-state index contributed by atoms with van der Waals surface area (Å²) in [7, 11) is 0. The van der Waals surface area contributed by atoms with Crippen molar-refractivity contribution in [1.29, 1.82) is 0 Å². The zero-order valence-electron chi connectivity index (χ0n) is 64.1. The zero-order valence-corrected chi connectivity index (χ0v) is 65.6. The largest absolute Gasteiger partial charge is 0.369 e. The van der Waals surface area contributed by atoms with Crippen molar-refractivity contribution >= 4 is 186 Å². The van der Waals surface area contributed by atoms with Crippen molar-refractivity contribution in [3.05, 3.63) is 249 Å². The van der Waals surface area contributed by atoms with Gasteiger partial charge < -0.3 is 5.11 Å². The lowest BCUT2D eigenvalue weighted by atomic mass is 9.73. The Kier molecular flexibility index (Phi) is 14.2. The van der Waals surface area contributed by atoms with Crippen molar-refractivity contribution < 1.29 is 9.90 Å². The first-order chi connectivity index (χ1) is 52.5. The van der Waals surface area contributed by atoms with Gasteiger partial charge in [-0.25, -0.2) is 13.7 Å². The Morgan fingerprint density at radius 2 is 0.536 bits per heavy atom. The number of fused-ring (bicyclic) bond motifs is 6. The number of carbonyl (C=O) groups excluding carboxylic acids is 1. The average Bonchev–Trinajstić information content (AvgIpc) is 0.635. The van der Waals surface area contributed by atoms with Gasteiger partial charge in [0.25, 0.3) is 39.3 Å². The molecule has 1 unspecified atom stereocenters. The number of para-hydroxylation sites is 4. The highest BCUT2D eigenvalue weighted by Crippen LogP contribution is 2.62. The van der Waals surface area contributed by atoms with Crippen molar-refractivity contribution in [2.24, 2.45) is 0 Å². The first kappa shape index (κ1) is 68.4. The van der Waals surface area contributed by atoms with Gasteiger partial charge in [-0.3, -0.25) is 38.5 Å². The molecule has 1 aliphatic heterocycles. The monoisotopic (exact) mass is 1480 g/mol. The second-order valence-electron chi connectivity index (χ2n) is 33.9. The molecule has 0 saturated carbocycles. The van der Waals surface area contributed by atoms with Gasteiger partial charge in [-0.05, 0) is 177 Å². The van der Waals surface area contributed by atoms with E-state index in [0.29, 0.717) is 152 Å². The predicted molar refractivity (Wildman–Crippen MR) is 458 cm³/mol. The predicted octanol–water partition coefficient (Wildman–Crippen LogP) is 22.8. The first-order valence-corrected chi connectivity index (χ1v) is 39.5. The molecule has 0 aliphatic carbocycles. The van der Waals surface area contributed by atoms with Crippen LogP contribution in [0.25, 0.3) is 168 Å². The highest BCUT2D eigenvalue weighted by atomic mass is 35.5. The van der Waals surface area contributed by atoms with Crippen molar-refractivity contribution in [3.8, 4) is 17.1 Å². The molecule has 0 fully saturated rings.